The number of furan rings is 1. The fourth-order valence-corrected chi connectivity index (χ4v) is 8.78. The van der Waals surface area contributed by atoms with Crippen molar-refractivity contribution in [1.82, 2.24) is 0 Å². The van der Waals surface area contributed by atoms with E-state index in [2.05, 4.69) is 163 Å². The van der Waals surface area contributed by atoms with Gasteiger partial charge in [0.25, 0.3) is 0 Å². The molecule has 1 atom stereocenters. The van der Waals surface area contributed by atoms with Crippen LogP contribution < -0.4 is 4.90 Å². The topological polar surface area (TPSA) is 16.4 Å². The van der Waals surface area contributed by atoms with Gasteiger partial charge in [-0.25, -0.2) is 0 Å². The highest BCUT2D eigenvalue weighted by Crippen LogP contribution is 2.43. The molecule has 0 saturated heterocycles. The fourth-order valence-electron chi connectivity index (χ4n) is 7.64. The number of rotatable bonds is 5. The van der Waals surface area contributed by atoms with E-state index in [4.69, 9.17) is 4.42 Å². The predicted octanol–water partition coefficient (Wildman–Crippen LogP) is 13.5. The zero-order valence-corrected chi connectivity index (χ0v) is 27.5. The van der Waals surface area contributed by atoms with Crippen LogP contribution in [-0.4, -0.2) is 0 Å². The van der Waals surface area contributed by atoms with Gasteiger partial charge in [-0.3, -0.25) is 0 Å². The molecule has 0 fully saturated rings. The molecule has 2 heterocycles. The molecular weight excluding hydrogens is 615 g/mol. The minimum Gasteiger partial charge on any atom is -0.456 e. The summed E-state index contributed by atoms with van der Waals surface area (Å²) in [4.78, 5) is 2.39. The maximum Gasteiger partial charge on any atom is 0.137 e. The first-order valence-electron chi connectivity index (χ1n) is 16.9. The molecule has 9 aromatic rings. The molecule has 0 spiro atoms. The largest absolute Gasteiger partial charge is 0.456 e. The molecule has 2 nitrogen and oxygen atoms in total. The second-order valence-corrected chi connectivity index (χ2v) is 14.0. The van der Waals surface area contributed by atoms with Crippen LogP contribution in [0.3, 0.4) is 0 Å². The summed E-state index contributed by atoms with van der Waals surface area (Å²) >= 11 is 1.88. The van der Waals surface area contributed by atoms with E-state index < -0.39 is 0 Å². The van der Waals surface area contributed by atoms with Crippen molar-refractivity contribution in [3.63, 3.8) is 0 Å². The first-order chi connectivity index (χ1) is 24.3. The number of thiophene rings is 1. The van der Waals surface area contributed by atoms with Crippen molar-refractivity contribution >= 4 is 75.6 Å². The second kappa shape index (κ2) is 11.4. The molecular formula is C46H31NOS. The Bertz CT molecular complexity index is 2780. The Labute approximate surface area is 288 Å². The molecule has 232 valence electrons. The lowest BCUT2D eigenvalue weighted by Gasteiger charge is -2.30. The molecule has 0 amide bonds. The minimum absolute atomic E-state index is 0.239. The third-order valence-electron chi connectivity index (χ3n) is 9.95. The molecule has 1 aliphatic rings. The van der Waals surface area contributed by atoms with Gasteiger partial charge in [0.1, 0.15) is 11.2 Å². The van der Waals surface area contributed by atoms with Crippen molar-refractivity contribution in [2.45, 2.75) is 12.3 Å². The zero-order valence-electron chi connectivity index (χ0n) is 26.7. The van der Waals surface area contributed by atoms with Gasteiger partial charge in [0.15, 0.2) is 0 Å². The summed E-state index contributed by atoms with van der Waals surface area (Å²) in [5.74, 6) is 0.239. The average Bonchev–Trinajstić information content (AvgIpc) is 3.73. The van der Waals surface area contributed by atoms with Crippen LogP contribution in [0.5, 0.6) is 0 Å². The second-order valence-electron chi connectivity index (χ2n) is 12.9. The molecule has 0 bridgehead atoms. The van der Waals surface area contributed by atoms with E-state index in [-0.39, 0.29) is 5.92 Å². The van der Waals surface area contributed by atoms with Crippen LogP contribution in [0, 0.1) is 0 Å². The van der Waals surface area contributed by atoms with E-state index in [0.29, 0.717) is 0 Å². The van der Waals surface area contributed by atoms with Crippen molar-refractivity contribution in [1.29, 1.82) is 0 Å². The molecule has 1 unspecified atom stereocenters. The Hall–Kier alpha value is -5.90. The fraction of sp³-hybridized carbons (Fsp3) is 0.0435. The summed E-state index contributed by atoms with van der Waals surface area (Å²) in [5, 5.41) is 7.49. The number of hydrogen-bond acceptors (Lipinski definition) is 3. The van der Waals surface area contributed by atoms with Crippen LogP contribution in [0.25, 0.3) is 64.0 Å². The maximum absolute atomic E-state index is 6.41. The van der Waals surface area contributed by atoms with Gasteiger partial charge in [-0.2, -0.15) is 0 Å². The maximum atomic E-state index is 6.41. The third-order valence-corrected chi connectivity index (χ3v) is 11.1. The van der Waals surface area contributed by atoms with Gasteiger partial charge in [0.05, 0.1) is 0 Å². The first-order valence-corrected chi connectivity index (χ1v) is 17.7. The molecule has 0 aliphatic heterocycles. The van der Waals surface area contributed by atoms with E-state index >= 15 is 0 Å². The highest BCUT2D eigenvalue weighted by Gasteiger charge is 2.23. The number of para-hydroxylation sites is 1. The van der Waals surface area contributed by atoms with E-state index in [9.17, 15) is 0 Å². The highest BCUT2D eigenvalue weighted by molar-refractivity contribution is 7.25. The average molecular weight is 646 g/mol. The van der Waals surface area contributed by atoms with Gasteiger partial charge < -0.3 is 9.32 Å². The Kier molecular flexibility index (Phi) is 6.53. The minimum atomic E-state index is 0.239. The molecule has 3 heteroatoms. The number of fused-ring (bicyclic) bond motifs is 7. The van der Waals surface area contributed by atoms with Crippen LogP contribution >= 0.6 is 11.3 Å². The number of nitrogens with zero attached hydrogens (tertiary/aromatic N) is 1. The van der Waals surface area contributed by atoms with Crippen LogP contribution in [0.1, 0.15) is 17.9 Å². The molecule has 0 saturated carbocycles. The molecule has 10 rings (SSSR count). The van der Waals surface area contributed by atoms with Crippen molar-refractivity contribution < 1.29 is 4.42 Å². The lowest BCUT2D eigenvalue weighted by atomic mass is 9.88. The molecule has 0 N–H and O–H groups in total. The standard InChI is InChI=1S/C46H31NOS/c1-2-11-31-26-33(23-22-30(31)10-1)32-12-7-14-35(27-32)47(37-24-25-40-39-16-3-5-19-42(39)48-43(40)29-37)36-15-8-13-34(28-36)38-18-9-21-45-46(38)41-17-4-6-20-44(41)49-45/h1-12,14-29,34H,13H2. The Balaban J connectivity index is 1.14. The summed E-state index contributed by atoms with van der Waals surface area (Å²) in [6.07, 6.45) is 8.05. The smallest absolute Gasteiger partial charge is 0.137 e. The number of anilines is 2. The van der Waals surface area contributed by atoms with Crippen LogP contribution in [0.15, 0.2) is 180 Å². The Morgan fingerprint density at radius 3 is 2.27 bits per heavy atom. The number of allylic oxidation sites excluding steroid dienone is 3. The predicted molar refractivity (Wildman–Crippen MR) is 209 cm³/mol. The SMILES string of the molecule is C1=CC(N(c2cccc(-c3ccc4ccccc4c3)c2)c2ccc3c(c2)oc2ccccc23)=CC(c2cccc3sc4ccccc4c23)C1. The summed E-state index contributed by atoms with van der Waals surface area (Å²) in [6.45, 7) is 0. The van der Waals surface area contributed by atoms with Crippen LogP contribution in [-0.2, 0) is 0 Å². The van der Waals surface area contributed by atoms with Crippen molar-refractivity contribution in [2.75, 3.05) is 4.90 Å². The monoisotopic (exact) mass is 645 g/mol. The Morgan fingerprint density at radius 2 is 1.31 bits per heavy atom. The van der Waals surface area contributed by atoms with Crippen molar-refractivity contribution in [3.05, 3.63) is 181 Å². The summed E-state index contributed by atoms with van der Waals surface area (Å²) in [7, 11) is 0. The molecule has 0 radical (unpaired) electrons. The van der Waals surface area contributed by atoms with Crippen molar-refractivity contribution in [3.8, 4) is 11.1 Å². The van der Waals surface area contributed by atoms with Gasteiger partial charge in [-0.15, -0.1) is 11.3 Å². The lowest BCUT2D eigenvalue weighted by Crippen LogP contribution is -2.18. The highest BCUT2D eigenvalue weighted by atomic mass is 32.1. The molecule has 2 aromatic heterocycles. The summed E-state index contributed by atoms with van der Waals surface area (Å²) < 4.78 is 9.09. The van der Waals surface area contributed by atoms with Crippen molar-refractivity contribution in [2.24, 2.45) is 0 Å². The van der Waals surface area contributed by atoms with Gasteiger partial charge in [0.2, 0.25) is 0 Å². The van der Waals surface area contributed by atoms with Gasteiger partial charge in [-0.05, 0) is 88.5 Å². The van der Waals surface area contributed by atoms with E-state index in [0.717, 1.165) is 45.4 Å². The quantitative estimate of drug-likeness (QED) is 0.185. The summed E-state index contributed by atoms with van der Waals surface area (Å²) in [6, 6.07) is 54.8. The first kappa shape index (κ1) is 28.1. The van der Waals surface area contributed by atoms with Gasteiger partial charge >= 0.3 is 0 Å². The summed E-state index contributed by atoms with van der Waals surface area (Å²) in [5.41, 5.74) is 8.90. The van der Waals surface area contributed by atoms with E-state index in [1.54, 1.807) is 0 Å². The van der Waals surface area contributed by atoms with Crippen LogP contribution in [0.2, 0.25) is 0 Å². The molecule has 49 heavy (non-hydrogen) atoms. The zero-order chi connectivity index (χ0) is 32.3. The van der Waals surface area contributed by atoms with Gasteiger partial charge in [0, 0.05) is 60.0 Å². The third kappa shape index (κ3) is 4.77. The Morgan fingerprint density at radius 1 is 0.551 bits per heavy atom. The number of hydrogen-bond donors (Lipinski definition) is 0. The number of benzene rings is 7. The molecule has 1 aliphatic carbocycles. The van der Waals surface area contributed by atoms with E-state index in [1.165, 1.54) is 47.6 Å². The lowest BCUT2D eigenvalue weighted by molar-refractivity contribution is 0.669. The normalized spacial score (nSPS) is 14.7. The molecule has 7 aromatic carbocycles. The van der Waals surface area contributed by atoms with Crippen LogP contribution in [0.4, 0.5) is 11.4 Å². The van der Waals surface area contributed by atoms with Gasteiger partial charge in [-0.1, -0.05) is 109 Å². The van der Waals surface area contributed by atoms with E-state index in [1.807, 2.05) is 23.5 Å².